The van der Waals surface area contributed by atoms with E-state index in [0.717, 1.165) is 25.7 Å². The molecular formula is C17H28N4O5. The first kappa shape index (κ1) is 21.6. The third-order valence-electron chi connectivity index (χ3n) is 3.84. The van der Waals surface area contributed by atoms with Crippen molar-refractivity contribution < 1.29 is 24.2 Å². The minimum atomic E-state index is -0.991. The second kappa shape index (κ2) is 12.0. The van der Waals surface area contributed by atoms with Crippen molar-refractivity contribution in [1.29, 1.82) is 0 Å². The van der Waals surface area contributed by atoms with E-state index in [-0.39, 0.29) is 19.5 Å². The van der Waals surface area contributed by atoms with E-state index < -0.39 is 23.9 Å². The van der Waals surface area contributed by atoms with Crippen LogP contribution in [-0.2, 0) is 25.5 Å². The van der Waals surface area contributed by atoms with Crippen molar-refractivity contribution in [3.05, 3.63) is 18.2 Å². The minimum Gasteiger partial charge on any atom is -0.480 e. The van der Waals surface area contributed by atoms with Gasteiger partial charge in [-0.1, -0.05) is 26.2 Å². The Kier molecular flexibility index (Phi) is 9.99. The predicted octanol–water partition coefficient (Wildman–Crippen LogP) is 0.577. The van der Waals surface area contributed by atoms with Gasteiger partial charge in [-0.15, -0.1) is 0 Å². The van der Waals surface area contributed by atoms with Gasteiger partial charge in [-0.05, 0) is 13.0 Å². The average molecular weight is 368 g/mol. The molecule has 0 saturated carbocycles. The number of imidazole rings is 1. The van der Waals surface area contributed by atoms with Gasteiger partial charge < -0.3 is 20.1 Å². The van der Waals surface area contributed by atoms with Gasteiger partial charge in [-0.25, -0.2) is 9.78 Å². The van der Waals surface area contributed by atoms with Crippen LogP contribution in [0, 0.1) is 0 Å². The maximum atomic E-state index is 12.3. The molecule has 9 nitrogen and oxygen atoms in total. The lowest BCUT2D eigenvalue weighted by Crippen LogP contribution is -2.48. The highest BCUT2D eigenvalue weighted by Crippen LogP contribution is 2.03. The van der Waals surface area contributed by atoms with Crippen LogP contribution in [0.15, 0.2) is 12.5 Å². The summed E-state index contributed by atoms with van der Waals surface area (Å²) < 4.78 is 4.72. The molecule has 0 radical (unpaired) electrons. The quantitative estimate of drug-likeness (QED) is 0.343. The molecule has 0 aromatic carbocycles. The molecule has 1 rings (SSSR count). The fourth-order valence-corrected chi connectivity index (χ4v) is 2.56. The van der Waals surface area contributed by atoms with Crippen LogP contribution in [0.2, 0.25) is 0 Å². The number of aromatic amines is 1. The molecule has 1 aromatic rings. The predicted molar refractivity (Wildman–Crippen MR) is 94.5 cm³/mol. The number of unbranched alkanes of at least 4 members (excludes halogenated alkanes) is 3. The Morgan fingerprint density at radius 3 is 2.65 bits per heavy atom. The van der Waals surface area contributed by atoms with Gasteiger partial charge in [-0.3, -0.25) is 14.5 Å². The molecule has 26 heavy (non-hydrogen) atoms. The van der Waals surface area contributed by atoms with Gasteiger partial charge in [0.25, 0.3) is 0 Å². The molecule has 0 unspecified atom stereocenters. The number of H-pyrrole nitrogens is 1. The molecule has 0 bridgehead atoms. The number of nitrogens with zero attached hydrogens (tertiary/aromatic N) is 2. The standard InChI is InChI=1S/C17H28N4O5/c1-3-4-5-6-7-21(11-16(23)24)10-15(22)20-14(17(25)26-2)8-13-9-18-12-19-13/h9,12,14H,3-8,10-11H2,1-2H3,(H,18,19)(H,20,22)(H,23,24)/t14-/m0/s1. The summed E-state index contributed by atoms with van der Waals surface area (Å²) in [7, 11) is 1.25. The van der Waals surface area contributed by atoms with E-state index in [9.17, 15) is 14.4 Å². The molecule has 9 heteroatoms. The Balaban J connectivity index is 2.60. The maximum Gasteiger partial charge on any atom is 0.328 e. The van der Waals surface area contributed by atoms with Crippen LogP contribution in [0.4, 0.5) is 0 Å². The van der Waals surface area contributed by atoms with Crippen molar-refractivity contribution in [3.8, 4) is 0 Å². The Bertz CT molecular complexity index is 562. The van der Waals surface area contributed by atoms with E-state index in [1.807, 2.05) is 0 Å². The zero-order valence-electron chi connectivity index (χ0n) is 15.4. The molecule has 1 aromatic heterocycles. The van der Waals surface area contributed by atoms with Gasteiger partial charge in [-0.2, -0.15) is 0 Å². The second-order valence-corrected chi connectivity index (χ2v) is 6.07. The van der Waals surface area contributed by atoms with Crippen LogP contribution >= 0.6 is 0 Å². The van der Waals surface area contributed by atoms with Gasteiger partial charge in [0, 0.05) is 12.6 Å². The number of carbonyl (C=O) groups excluding carboxylic acids is 2. The number of carboxylic acids is 1. The summed E-state index contributed by atoms with van der Waals surface area (Å²) in [6.45, 7) is 2.30. The number of aromatic nitrogens is 2. The van der Waals surface area contributed by atoms with Crippen molar-refractivity contribution in [1.82, 2.24) is 20.2 Å². The summed E-state index contributed by atoms with van der Waals surface area (Å²) in [6.07, 6.45) is 7.26. The van der Waals surface area contributed by atoms with Crippen LogP contribution in [0.3, 0.4) is 0 Å². The van der Waals surface area contributed by atoms with Crippen LogP contribution in [0.5, 0.6) is 0 Å². The summed E-state index contributed by atoms with van der Waals surface area (Å²) >= 11 is 0. The smallest absolute Gasteiger partial charge is 0.328 e. The summed E-state index contributed by atoms with van der Waals surface area (Å²) in [5.74, 6) is -1.99. The van der Waals surface area contributed by atoms with Gasteiger partial charge in [0.2, 0.25) is 5.91 Å². The minimum absolute atomic E-state index is 0.0908. The number of methoxy groups -OCH3 is 1. The fourth-order valence-electron chi connectivity index (χ4n) is 2.56. The number of rotatable bonds is 13. The molecule has 146 valence electrons. The largest absolute Gasteiger partial charge is 0.480 e. The highest BCUT2D eigenvalue weighted by atomic mass is 16.5. The van der Waals surface area contributed by atoms with E-state index in [2.05, 4.69) is 22.2 Å². The lowest BCUT2D eigenvalue weighted by atomic mass is 10.1. The van der Waals surface area contributed by atoms with Gasteiger partial charge in [0.1, 0.15) is 6.04 Å². The van der Waals surface area contributed by atoms with Crippen molar-refractivity contribution >= 4 is 17.8 Å². The number of amides is 1. The third-order valence-corrected chi connectivity index (χ3v) is 3.84. The maximum absolute atomic E-state index is 12.3. The molecule has 3 N–H and O–H groups in total. The van der Waals surface area contributed by atoms with E-state index in [1.165, 1.54) is 13.4 Å². The number of ether oxygens (including phenoxy) is 1. The molecular weight excluding hydrogens is 340 g/mol. The number of nitrogens with one attached hydrogen (secondary N) is 2. The summed E-state index contributed by atoms with van der Waals surface area (Å²) in [6, 6.07) is -0.873. The first-order valence-corrected chi connectivity index (χ1v) is 8.75. The van der Waals surface area contributed by atoms with Crippen LogP contribution in [0.25, 0.3) is 0 Å². The highest BCUT2D eigenvalue weighted by Gasteiger charge is 2.24. The average Bonchev–Trinajstić information content (AvgIpc) is 3.09. The van der Waals surface area contributed by atoms with Gasteiger partial charge in [0.15, 0.2) is 0 Å². The molecule has 0 aliphatic rings. The number of esters is 1. The van der Waals surface area contributed by atoms with Crippen LogP contribution in [-0.4, -0.2) is 70.6 Å². The van der Waals surface area contributed by atoms with E-state index in [0.29, 0.717) is 12.2 Å². The van der Waals surface area contributed by atoms with Crippen molar-refractivity contribution in [3.63, 3.8) is 0 Å². The van der Waals surface area contributed by atoms with Crippen molar-refractivity contribution in [2.24, 2.45) is 0 Å². The topological polar surface area (TPSA) is 125 Å². The monoisotopic (exact) mass is 368 g/mol. The summed E-state index contributed by atoms with van der Waals surface area (Å²) in [4.78, 5) is 43.6. The van der Waals surface area contributed by atoms with Crippen molar-refractivity contribution in [2.75, 3.05) is 26.7 Å². The molecule has 1 amide bonds. The molecule has 0 spiro atoms. The summed E-state index contributed by atoms with van der Waals surface area (Å²) in [5.41, 5.74) is 0.614. The Morgan fingerprint density at radius 1 is 1.31 bits per heavy atom. The van der Waals surface area contributed by atoms with Crippen molar-refractivity contribution in [2.45, 2.75) is 45.1 Å². The number of carboxylic acid groups (broad SMARTS) is 1. The zero-order valence-corrected chi connectivity index (χ0v) is 15.4. The SMILES string of the molecule is CCCCCCN(CC(=O)O)CC(=O)N[C@@H](Cc1c[nH]cn1)C(=O)OC. The molecule has 0 aliphatic carbocycles. The Labute approximate surface area is 153 Å². The molecule has 0 saturated heterocycles. The second-order valence-electron chi connectivity index (χ2n) is 6.07. The third kappa shape index (κ3) is 8.61. The highest BCUT2D eigenvalue weighted by molar-refractivity contribution is 5.85. The number of aliphatic carboxylic acids is 1. The summed E-state index contributed by atoms with van der Waals surface area (Å²) in [5, 5.41) is 11.6. The number of hydrogen-bond acceptors (Lipinski definition) is 6. The zero-order chi connectivity index (χ0) is 19.4. The first-order chi connectivity index (χ1) is 12.5. The Morgan fingerprint density at radius 2 is 2.08 bits per heavy atom. The molecule has 1 heterocycles. The van der Waals surface area contributed by atoms with E-state index >= 15 is 0 Å². The van der Waals surface area contributed by atoms with E-state index in [1.54, 1.807) is 11.1 Å². The number of hydrogen-bond donors (Lipinski definition) is 3. The molecule has 0 fully saturated rings. The van der Waals surface area contributed by atoms with Crippen LogP contribution in [0.1, 0.15) is 38.3 Å². The fraction of sp³-hybridized carbons (Fsp3) is 0.647. The van der Waals surface area contributed by atoms with Gasteiger partial charge >= 0.3 is 11.9 Å². The van der Waals surface area contributed by atoms with E-state index in [4.69, 9.17) is 9.84 Å². The van der Waals surface area contributed by atoms with Crippen LogP contribution < -0.4 is 5.32 Å². The normalized spacial score (nSPS) is 12.0. The molecule has 1 atom stereocenters. The lowest BCUT2D eigenvalue weighted by Gasteiger charge is -2.21. The van der Waals surface area contributed by atoms with Gasteiger partial charge in [0.05, 0.1) is 32.2 Å². The molecule has 0 aliphatic heterocycles. The number of carbonyl (C=O) groups is 3. The Hall–Kier alpha value is -2.42. The lowest BCUT2D eigenvalue weighted by molar-refractivity contribution is -0.145. The first-order valence-electron chi connectivity index (χ1n) is 8.75.